The number of amides is 1. The van der Waals surface area contributed by atoms with Crippen LogP contribution in [-0.4, -0.2) is 76.6 Å². The Hall–Kier alpha value is -5.13. The van der Waals surface area contributed by atoms with E-state index in [0.29, 0.717) is 23.1 Å². The zero-order chi connectivity index (χ0) is 33.6. The predicted octanol–water partition coefficient (Wildman–Crippen LogP) is 6.13. The molecule has 3 saturated heterocycles. The third-order valence-electron chi connectivity index (χ3n) is 10.1. The van der Waals surface area contributed by atoms with Gasteiger partial charge in [-0.2, -0.15) is 15.2 Å². The number of halogens is 3. The molecular weight excluding hydrogens is 617 g/mol. The third-order valence-corrected chi connectivity index (χ3v) is 10.1. The summed E-state index contributed by atoms with van der Waals surface area (Å²) in [6.07, 6.45) is 9.77. The van der Waals surface area contributed by atoms with Gasteiger partial charge >= 0.3 is 6.01 Å². The van der Waals surface area contributed by atoms with Crippen LogP contribution in [-0.2, 0) is 4.79 Å². The Balaban J connectivity index is 1.37. The first kappa shape index (κ1) is 31.5. The summed E-state index contributed by atoms with van der Waals surface area (Å²) in [7, 11) is 0. The van der Waals surface area contributed by atoms with Gasteiger partial charge in [0, 0.05) is 36.0 Å². The van der Waals surface area contributed by atoms with E-state index < -0.39 is 29.4 Å². The van der Waals surface area contributed by atoms with Crippen LogP contribution in [0.25, 0.3) is 32.8 Å². The molecular formula is C37H33F3N6O2. The minimum Gasteiger partial charge on any atom is -0.461 e. The Kier molecular flexibility index (Phi) is 8.18. The van der Waals surface area contributed by atoms with Crippen molar-refractivity contribution < 1.29 is 22.7 Å². The number of nitriles is 1. The van der Waals surface area contributed by atoms with Gasteiger partial charge in [-0.3, -0.25) is 9.69 Å². The SMILES string of the molecule is C#Cc1cccc2cccc(-c3c(F)cc4c(N5CCN(C(=O)C(=C)F)C(CC#N)C5)nc(OCC56CCCN5CCC6)nc4c3F)c12. The number of rotatable bonds is 7. The number of carbonyl (C=O) groups is 1. The molecule has 11 heteroatoms. The monoisotopic (exact) mass is 650 g/mol. The quantitative estimate of drug-likeness (QED) is 0.176. The number of aromatic nitrogens is 2. The topological polar surface area (TPSA) is 85.6 Å². The van der Waals surface area contributed by atoms with Gasteiger partial charge < -0.3 is 14.5 Å². The lowest BCUT2D eigenvalue weighted by atomic mass is 9.93. The number of piperazine rings is 1. The third kappa shape index (κ3) is 5.29. The molecule has 0 radical (unpaired) electrons. The average molecular weight is 651 g/mol. The van der Waals surface area contributed by atoms with Crippen LogP contribution < -0.4 is 9.64 Å². The van der Waals surface area contributed by atoms with Crippen molar-refractivity contribution in [3.05, 3.63) is 72.1 Å². The Morgan fingerprint density at radius 2 is 1.85 bits per heavy atom. The molecule has 3 aliphatic heterocycles. The highest BCUT2D eigenvalue weighted by Gasteiger charge is 2.45. The molecule has 3 aromatic carbocycles. The Bertz CT molecular complexity index is 2040. The summed E-state index contributed by atoms with van der Waals surface area (Å²) in [5, 5.41) is 10.9. The number of nitrogens with zero attached hydrogens (tertiary/aromatic N) is 6. The van der Waals surface area contributed by atoms with Gasteiger partial charge in [0.2, 0.25) is 0 Å². The number of carbonyl (C=O) groups excluding carboxylic acids is 1. The Morgan fingerprint density at radius 1 is 1.10 bits per heavy atom. The normalized spacial score (nSPS) is 18.9. The first-order chi connectivity index (χ1) is 23.2. The van der Waals surface area contributed by atoms with E-state index in [-0.39, 0.29) is 59.9 Å². The minimum absolute atomic E-state index is 0.0434. The first-order valence-corrected chi connectivity index (χ1v) is 16.1. The van der Waals surface area contributed by atoms with E-state index in [2.05, 4.69) is 28.5 Å². The number of fused-ring (bicyclic) bond motifs is 3. The molecule has 4 aromatic rings. The van der Waals surface area contributed by atoms with Crippen LogP contribution in [0.15, 0.2) is 54.9 Å². The van der Waals surface area contributed by atoms with E-state index in [4.69, 9.17) is 16.1 Å². The van der Waals surface area contributed by atoms with Crippen molar-refractivity contribution in [1.82, 2.24) is 19.8 Å². The predicted molar refractivity (Wildman–Crippen MR) is 177 cm³/mol. The standard InChI is InChI=1S/C37H33F3N6O2/c1-3-24-8-4-9-25-10-5-11-27(30(24)25)31-29(39)20-28-33(32(31)40)42-36(48-22-37-13-6-16-45(37)17-7-14-37)43-34(28)44-18-19-46(35(47)23(2)38)26(21-44)12-15-41/h1,4-5,8-11,20,26H,2,6-7,12-14,16-19,21-22H2. The lowest BCUT2D eigenvalue weighted by Crippen LogP contribution is -2.55. The van der Waals surface area contributed by atoms with Crippen LogP contribution in [0.4, 0.5) is 19.0 Å². The van der Waals surface area contributed by atoms with Crippen molar-refractivity contribution in [2.75, 3.05) is 44.2 Å². The average Bonchev–Trinajstić information content (AvgIpc) is 3.68. The second-order valence-corrected chi connectivity index (χ2v) is 12.7. The lowest BCUT2D eigenvalue weighted by Gasteiger charge is -2.41. The van der Waals surface area contributed by atoms with Crippen LogP contribution >= 0.6 is 0 Å². The van der Waals surface area contributed by atoms with Crippen molar-refractivity contribution >= 4 is 33.4 Å². The van der Waals surface area contributed by atoms with Gasteiger partial charge in [-0.25, -0.2) is 13.2 Å². The molecule has 0 spiro atoms. The van der Waals surface area contributed by atoms with Crippen molar-refractivity contribution in [2.45, 2.75) is 43.7 Å². The highest BCUT2D eigenvalue weighted by molar-refractivity contribution is 6.03. The van der Waals surface area contributed by atoms with Crippen molar-refractivity contribution in [3.8, 4) is 35.6 Å². The maximum absolute atomic E-state index is 16.9. The van der Waals surface area contributed by atoms with E-state index in [0.717, 1.165) is 44.2 Å². The summed E-state index contributed by atoms with van der Waals surface area (Å²) < 4.78 is 53.3. The zero-order valence-electron chi connectivity index (χ0n) is 26.3. The second-order valence-electron chi connectivity index (χ2n) is 12.7. The Morgan fingerprint density at radius 3 is 2.56 bits per heavy atom. The number of benzene rings is 3. The Labute approximate surface area is 276 Å². The fraction of sp³-hybridized carbons (Fsp3) is 0.351. The molecule has 1 amide bonds. The largest absolute Gasteiger partial charge is 0.461 e. The molecule has 244 valence electrons. The molecule has 48 heavy (non-hydrogen) atoms. The van der Waals surface area contributed by atoms with Crippen molar-refractivity contribution in [2.24, 2.45) is 0 Å². The molecule has 0 bridgehead atoms. The van der Waals surface area contributed by atoms with E-state index in [1.54, 1.807) is 29.2 Å². The smallest absolute Gasteiger partial charge is 0.319 e. The van der Waals surface area contributed by atoms with Gasteiger partial charge in [-0.15, -0.1) is 6.42 Å². The fourth-order valence-electron chi connectivity index (χ4n) is 7.79. The molecule has 7 rings (SSSR count). The number of ether oxygens (including phenoxy) is 1. The molecule has 0 N–H and O–H groups in total. The summed E-state index contributed by atoms with van der Waals surface area (Å²) >= 11 is 0. The summed E-state index contributed by atoms with van der Waals surface area (Å²) in [5.41, 5.74) is 0.235. The molecule has 1 atom stereocenters. The molecule has 0 aliphatic carbocycles. The summed E-state index contributed by atoms with van der Waals surface area (Å²) in [4.78, 5) is 27.2. The lowest BCUT2D eigenvalue weighted by molar-refractivity contribution is -0.131. The molecule has 3 fully saturated rings. The van der Waals surface area contributed by atoms with Crippen molar-refractivity contribution in [3.63, 3.8) is 0 Å². The fourth-order valence-corrected chi connectivity index (χ4v) is 7.79. The molecule has 8 nitrogen and oxygen atoms in total. The summed E-state index contributed by atoms with van der Waals surface area (Å²) in [6.45, 7) is 5.69. The highest BCUT2D eigenvalue weighted by Crippen LogP contribution is 2.41. The molecule has 0 saturated carbocycles. The number of terminal acetylenes is 1. The maximum atomic E-state index is 16.9. The van der Waals surface area contributed by atoms with E-state index in [9.17, 15) is 14.4 Å². The van der Waals surface area contributed by atoms with Crippen LogP contribution in [0.1, 0.15) is 37.7 Å². The molecule has 3 aliphatic rings. The number of hydrogen-bond donors (Lipinski definition) is 0. The maximum Gasteiger partial charge on any atom is 0.319 e. The van der Waals surface area contributed by atoms with Crippen LogP contribution in [0.3, 0.4) is 0 Å². The molecule has 4 heterocycles. The van der Waals surface area contributed by atoms with E-state index in [1.165, 1.54) is 11.0 Å². The molecule has 1 aromatic heterocycles. The van der Waals surface area contributed by atoms with Gasteiger partial charge in [0.15, 0.2) is 11.6 Å². The van der Waals surface area contributed by atoms with Crippen LogP contribution in [0, 0.1) is 35.3 Å². The van der Waals surface area contributed by atoms with Gasteiger partial charge in [0.05, 0.1) is 29.6 Å². The van der Waals surface area contributed by atoms with E-state index in [1.807, 2.05) is 12.1 Å². The van der Waals surface area contributed by atoms with Crippen LogP contribution in [0.5, 0.6) is 6.01 Å². The zero-order valence-corrected chi connectivity index (χ0v) is 26.3. The first-order valence-electron chi connectivity index (χ1n) is 16.1. The van der Waals surface area contributed by atoms with E-state index >= 15 is 8.78 Å². The minimum atomic E-state index is -1.13. The number of hydrogen-bond acceptors (Lipinski definition) is 7. The molecule has 1 unspecified atom stereocenters. The van der Waals surface area contributed by atoms with Gasteiger partial charge in [0.1, 0.15) is 23.8 Å². The van der Waals surface area contributed by atoms with Crippen LogP contribution in [0.2, 0.25) is 0 Å². The highest BCUT2D eigenvalue weighted by atomic mass is 19.1. The van der Waals surface area contributed by atoms with Gasteiger partial charge in [-0.05, 0) is 61.9 Å². The van der Waals surface area contributed by atoms with Crippen molar-refractivity contribution in [1.29, 1.82) is 5.26 Å². The summed E-state index contributed by atoms with van der Waals surface area (Å²) in [5.74, 6) is -0.920. The summed E-state index contributed by atoms with van der Waals surface area (Å²) in [6, 6.07) is 13.0. The number of anilines is 1. The van der Waals surface area contributed by atoms with Gasteiger partial charge in [-0.1, -0.05) is 42.8 Å². The second kappa shape index (κ2) is 12.5. The van der Waals surface area contributed by atoms with Gasteiger partial charge in [0.25, 0.3) is 5.91 Å².